The van der Waals surface area contributed by atoms with E-state index in [1.54, 1.807) is 0 Å². The van der Waals surface area contributed by atoms with Gasteiger partial charge in [-0.3, -0.25) is 0 Å². The Morgan fingerprint density at radius 2 is 1.76 bits per heavy atom. The Balaban J connectivity index is 2.05. The minimum atomic E-state index is -4.49. The van der Waals surface area contributed by atoms with Crippen LogP contribution in [0.2, 0.25) is 0 Å². The monoisotopic (exact) mass is 343 g/mol. The second-order valence-corrected chi connectivity index (χ2v) is 7.16. The van der Waals surface area contributed by atoms with Crippen LogP contribution < -0.4 is 4.74 Å². The Morgan fingerprint density at radius 1 is 1.19 bits per heavy atom. The van der Waals surface area contributed by atoms with Crippen LogP contribution >= 0.6 is 10.7 Å². The lowest BCUT2D eigenvalue weighted by Crippen LogP contribution is -2.39. The number of benzene rings is 1. The second-order valence-electron chi connectivity index (χ2n) is 4.65. The van der Waals surface area contributed by atoms with E-state index in [4.69, 9.17) is 15.4 Å². The van der Waals surface area contributed by atoms with Crippen LogP contribution in [0.15, 0.2) is 24.3 Å². The Bertz CT molecular complexity index is 598. The van der Waals surface area contributed by atoms with Crippen molar-refractivity contribution < 1.29 is 26.3 Å². The van der Waals surface area contributed by atoms with E-state index in [-0.39, 0.29) is 31.7 Å². The summed E-state index contributed by atoms with van der Waals surface area (Å²) in [4.78, 5) is 0. The van der Waals surface area contributed by atoms with Gasteiger partial charge in [0.05, 0.1) is 5.56 Å². The van der Waals surface area contributed by atoms with Crippen LogP contribution in [0.25, 0.3) is 0 Å². The van der Waals surface area contributed by atoms with Crippen LogP contribution in [0.5, 0.6) is 5.75 Å². The lowest BCUT2D eigenvalue weighted by atomic mass is 10.1. The predicted molar refractivity (Wildman–Crippen MR) is 71.4 cm³/mol. The molecule has 1 aliphatic heterocycles. The Labute approximate surface area is 125 Å². The van der Waals surface area contributed by atoms with Gasteiger partial charge >= 0.3 is 6.18 Å². The maximum absolute atomic E-state index is 12.8. The molecule has 4 nitrogen and oxygen atoms in total. The molecule has 0 spiro atoms. The van der Waals surface area contributed by atoms with Crippen molar-refractivity contribution in [2.24, 2.45) is 0 Å². The van der Waals surface area contributed by atoms with Gasteiger partial charge in [-0.1, -0.05) is 12.1 Å². The highest BCUT2D eigenvalue weighted by Crippen LogP contribution is 2.37. The highest BCUT2D eigenvalue weighted by Gasteiger charge is 2.35. The summed E-state index contributed by atoms with van der Waals surface area (Å²) in [5.74, 6) is -0.239. The molecule has 1 aromatic carbocycles. The Kier molecular flexibility index (Phi) is 4.69. The summed E-state index contributed by atoms with van der Waals surface area (Å²) < 4.78 is 67.2. The molecule has 0 N–H and O–H groups in total. The zero-order valence-corrected chi connectivity index (χ0v) is 12.4. The molecule has 0 unspecified atom stereocenters. The molecule has 9 heteroatoms. The van der Waals surface area contributed by atoms with Crippen LogP contribution in [0.3, 0.4) is 0 Å². The number of alkyl halides is 3. The van der Waals surface area contributed by atoms with Crippen molar-refractivity contribution in [3.8, 4) is 5.75 Å². The lowest BCUT2D eigenvalue weighted by molar-refractivity contribution is -0.139. The molecule has 1 aliphatic rings. The van der Waals surface area contributed by atoms with Crippen molar-refractivity contribution in [3.63, 3.8) is 0 Å². The van der Waals surface area contributed by atoms with E-state index in [2.05, 4.69) is 0 Å². The summed E-state index contributed by atoms with van der Waals surface area (Å²) >= 11 is 0. The number of para-hydroxylation sites is 1. The largest absolute Gasteiger partial charge is 0.490 e. The van der Waals surface area contributed by atoms with Gasteiger partial charge in [-0.05, 0) is 25.0 Å². The van der Waals surface area contributed by atoms with Gasteiger partial charge in [0, 0.05) is 23.8 Å². The van der Waals surface area contributed by atoms with E-state index in [0.717, 1.165) is 10.4 Å². The molecule has 118 valence electrons. The maximum Gasteiger partial charge on any atom is 0.419 e. The number of hydrogen-bond donors (Lipinski definition) is 0. The molecule has 1 saturated heterocycles. The van der Waals surface area contributed by atoms with E-state index in [0.29, 0.717) is 0 Å². The molecular weight excluding hydrogens is 331 g/mol. The Hall–Kier alpha value is -0.990. The smallest absolute Gasteiger partial charge is 0.419 e. The van der Waals surface area contributed by atoms with Gasteiger partial charge in [-0.25, -0.2) is 0 Å². The van der Waals surface area contributed by atoms with Crippen LogP contribution in [0.1, 0.15) is 18.4 Å². The fourth-order valence-corrected chi connectivity index (χ4v) is 3.21. The number of piperidine rings is 1. The van der Waals surface area contributed by atoms with Crippen LogP contribution in [-0.2, 0) is 15.4 Å². The molecule has 0 aliphatic carbocycles. The van der Waals surface area contributed by atoms with E-state index in [1.165, 1.54) is 18.2 Å². The third kappa shape index (κ3) is 4.24. The summed E-state index contributed by atoms with van der Waals surface area (Å²) in [7, 11) is 1.43. The molecule has 1 heterocycles. The summed E-state index contributed by atoms with van der Waals surface area (Å²) in [5.41, 5.74) is -0.836. The summed E-state index contributed by atoms with van der Waals surface area (Å²) in [6.45, 7) is 0.259. The van der Waals surface area contributed by atoms with E-state index < -0.39 is 27.1 Å². The van der Waals surface area contributed by atoms with Crippen LogP contribution in [-0.4, -0.2) is 31.9 Å². The molecule has 1 fully saturated rings. The standard InChI is InChI=1S/C12H13ClF3NO3S/c13-21(18,19)17-7-5-9(6-8-17)20-11-4-2-1-3-10(11)12(14,15)16/h1-4,9H,5-8H2. The van der Waals surface area contributed by atoms with E-state index in [9.17, 15) is 21.6 Å². The van der Waals surface area contributed by atoms with Gasteiger partial charge in [-0.2, -0.15) is 25.9 Å². The van der Waals surface area contributed by atoms with Crippen LogP contribution in [0, 0.1) is 0 Å². The van der Waals surface area contributed by atoms with Gasteiger partial charge in [-0.15, -0.1) is 0 Å². The zero-order chi connectivity index (χ0) is 15.7. The first-order valence-electron chi connectivity index (χ1n) is 6.20. The minimum absolute atomic E-state index is 0.130. The quantitative estimate of drug-likeness (QED) is 0.793. The zero-order valence-electron chi connectivity index (χ0n) is 10.8. The number of ether oxygens (including phenoxy) is 1. The fraction of sp³-hybridized carbons (Fsp3) is 0.500. The summed E-state index contributed by atoms with van der Waals surface area (Å²) in [6.07, 6.45) is -4.38. The van der Waals surface area contributed by atoms with Crippen molar-refractivity contribution in [1.82, 2.24) is 4.31 Å². The van der Waals surface area contributed by atoms with Crippen molar-refractivity contribution in [2.45, 2.75) is 25.1 Å². The first-order valence-corrected chi connectivity index (χ1v) is 8.47. The third-order valence-corrected chi connectivity index (χ3v) is 4.76. The van der Waals surface area contributed by atoms with E-state index >= 15 is 0 Å². The molecule has 1 aromatic rings. The van der Waals surface area contributed by atoms with Crippen molar-refractivity contribution in [3.05, 3.63) is 29.8 Å². The van der Waals surface area contributed by atoms with Crippen LogP contribution in [0.4, 0.5) is 13.2 Å². The molecule has 0 saturated carbocycles. The minimum Gasteiger partial charge on any atom is -0.490 e. The van der Waals surface area contributed by atoms with Gasteiger partial charge in [0.1, 0.15) is 11.9 Å². The fourth-order valence-electron chi connectivity index (χ4n) is 2.15. The SMILES string of the molecule is O=S(=O)(Cl)N1CCC(Oc2ccccc2C(F)(F)F)CC1. The average molecular weight is 344 g/mol. The molecule has 2 rings (SSSR count). The maximum atomic E-state index is 12.8. The number of rotatable bonds is 3. The van der Waals surface area contributed by atoms with Gasteiger partial charge in [0.2, 0.25) is 0 Å². The molecule has 0 radical (unpaired) electrons. The van der Waals surface area contributed by atoms with E-state index in [1.807, 2.05) is 0 Å². The second kappa shape index (κ2) is 6.02. The number of halogens is 4. The molecule has 0 atom stereocenters. The number of hydrogen-bond acceptors (Lipinski definition) is 3. The normalized spacial score (nSPS) is 18.7. The molecule has 0 amide bonds. The van der Waals surface area contributed by atoms with Crippen molar-refractivity contribution in [1.29, 1.82) is 0 Å². The van der Waals surface area contributed by atoms with Crippen molar-refractivity contribution >= 4 is 19.9 Å². The molecule has 21 heavy (non-hydrogen) atoms. The third-order valence-electron chi connectivity index (χ3n) is 3.20. The highest BCUT2D eigenvalue weighted by molar-refractivity contribution is 8.11. The molecule has 0 bridgehead atoms. The van der Waals surface area contributed by atoms with Crippen molar-refractivity contribution in [2.75, 3.05) is 13.1 Å². The topological polar surface area (TPSA) is 46.6 Å². The Morgan fingerprint density at radius 3 is 2.29 bits per heavy atom. The summed E-state index contributed by atoms with van der Waals surface area (Å²) in [5, 5.41) is 0. The first kappa shape index (κ1) is 16.4. The lowest BCUT2D eigenvalue weighted by Gasteiger charge is -2.30. The van der Waals surface area contributed by atoms with Gasteiger partial charge < -0.3 is 4.74 Å². The number of nitrogens with zero attached hydrogens (tertiary/aromatic N) is 1. The highest BCUT2D eigenvalue weighted by atomic mass is 35.7. The van der Waals surface area contributed by atoms with Gasteiger partial charge in [0.25, 0.3) is 9.24 Å². The summed E-state index contributed by atoms with van der Waals surface area (Å²) in [6, 6.07) is 4.96. The molecule has 0 aromatic heterocycles. The molecular formula is C12H13ClF3NO3S. The van der Waals surface area contributed by atoms with Gasteiger partial charge in [0.15, 0.2) is 0 Å². The average Bonchev–Trinajstić information content (AvgIpc) is 2.37. The first-order chi connectivity index (χ1) is 9.68. The predicted octanol–water partition coefficient (Wildman–Crippen LogP) is 3.03.